The second kappa shape index (κ2) is 5.77. The summed E-state index contributed by atoms with van der Waals surface area (Å²) in [5, 5.41) is 5.70. The van der Waals surface area contributed by atoms with Gasteiger partial charge in [0.15, 0.2) is 0 Å². The van der Waals surface area contributed by atoms with Crippen molar-refractivity contribution in [3.05, 3.63) is 58.0 Å². The van der Waals surface area contributed by atoms with E-state index in [1.807, 2.05) is 48.9 Å². The number of aryl methyl sites for hydroxylation is 3. The Morgan fingerprint density at radius 3 is 2.59 bits per heavy atom. The van der Waals surface area contributed by atoms with E-state index in [9.17, 15) is 4.79 Å². The number of aromatic nitrogens is 3. The first kappa shape index (κ1) is 14.5. The SMILES string of the molecule is Cc1cc(=O)n(CCCN)c2c1c(C)nn2-c1ccccc1. The molecule has 0 saturated heterocycles. The molecule has 0 bridgehead atoms. The van der Waals surface area contributed by atoms with Crippen LogP contribution in [0, 0.1) is 13.8 Å². The van der Waals surface area contributed by atoms with Crippen molar-refractivity contribution >= 4 is 11.0 Å². The third-order valence-corrected chi connectivity index (χ3v) is 3.88. The Labute approximate surface area is 129 Å². The van der Waals surface area contributed by atoms with Crippen LogP contribution in [0.25, 0.3) is 16.7 Å². The number of nitrogens with zero attached hydrogens (tertiary/aromatic N) is 3. The Kier molecular flexibility index (Phi) is 3.81. The molecule has 0 aliphatic heterocycles. The van der Waals surface area contributed by atoms with Gasteiger partial charge in [-0.05, 0) is 44.5 Å². The Bertz CT molecular complexity index is 862. The van der Waals surface area contributed by atoms with Crippen LogP contribution in [0.4, 0.5) is 0 Å². The summed E-state index contributed by atoms with van der Waals surface area (Å²) < 4.78 is 3.64. The molecule has 0 fully saturated rings. The molecular formula is C17H20N4O. The molecular weight excluding hydrogens is 276 g/mol. The smallest absolute Gasteiger partial charge is 0.252 e. The molecule has 1 aromatic carbocycles. The van der Waals surface area contributed by atoms with Gasteiger partial charge in [0.05, 0.1) is 11.4 Å². The molecule has 0 unspecified atom stereocenters. The van der Waals surface area contributed by atoms with Crippen LogP contribution >= 0.6 is 0 Å². The van der Waals surface area contributed by atoms with E-state index in [-0.39, 0.29) is 5.56 Å². The lowest BCUT2D eigenvalue weighted by Gasteiger charge is -2.11. The second-order valence-electron chi connectivity index (χ2n) is 5.49. The third kappa shape index (κ3) is 2.33. The average molecular weight is 296 g/mol. The van der Waals surface area contributed by atoms with Crippen molar-refractivity contribution in [2.24, 2.45) is 5.73 Å². The third-order valence-electron chi connectivity index (χ3n) is 3.88. The first-order chi connectivity index (χ1) is 10.6. The monoisotopic (exact) mass is 296 g/mol. The van der Waals surface area contributed by atoms with E-state index in [0.717, 1.165) is 34.4 Å². The minimum atomic E-state index is -0.00414. The lowest BCUT2D eigenvalue weighted by atomic mass is 10.1. The summed E-state index contributed by atoms with van der Waals surface area (Å²) in [4.78, 5) is 12.4. The highest BCUT2D eigenvalue weighted by Crippen LogP contribution is 2.23. The molecule has 3 aromatic rings. The number of hydrogen-bond acceptors (Lipinski definition) is 3. The number of hydrogen-bond donors (Lipinski definition) is 1. The van der Waals surface area contributed by atoms with Gasteiger partial charge in [0.2, 0.25) is 0 Å². The van der Waals surface area contributed by atoms with Gasteiger partial charge in [-0.2, -0.15) is 5.10 Å². The molecule has 0 saturated carbocycles. The van der Waals surface area contributed by atoms with Gasteiger partial charge in [0.25, 0.3) is 5.56 Å². The summed E-state index contributed by atoms with van der Waals surface area (Å²) in [7, 11) is 0. The maximum atomic E-state index is 12.4. The largest absolute Gasteiger partial charge is 0.330 e. The van der Waals surface area contributed by atoms with Crippen LogP contribution in [0.2, 0.25) is 0 Å². The van der Waals surface area contributed by atoms with E-state index < -0.39 is 0 Å². The zero-order valence-electron chi connectivity index (χ0n) is 12.9. The molecule has 5 nitrogen and oxygen atoms in total. The predicted octanol–water partition coefficient (Wildman–Crippen LogP) is 2.15. The zero-order valence-corrected chi connectivity index (χ0v) is 12.9. The summed E-state index contributed by atoms with van der Waals surface area (Å²) in [6.45, 7) is 5.10. The summed E-state index contributed by atoms with van der Waals surface area (Å²) in [6, 6.07) is 11.6. The molecule has 2 N–H and O–H groups in total. The lowest BCUT2D eigenvalue weighted by molar-refractivity contribution is 0.635. The number of pyridine rings is 1. The van der Waals surface area contributed by atoms with E-state index >= 15 is 0 Å². The maximum absolute atomic E-state index is 12.4. The lowest BCUT2D eigenvalue weighted by Crippen LogP contribution is -2.23. The Morgan fingerprint density at radius 2 is 1.91 bits per heavy atom. The van der Waals surface area contributed by atoms with E-state index in [1.54, 1.807) is 10.6 Å². The molecule has 0 atom stereocenters. The number of para-hydroxylation sites is 1. The molecule has 0 spiro atoms. The van der Waals surface area contributed by atoms with Crippen molar-refractivity contribution in [1.82, 2.24) is 14.3 Å². The maximum Gasteiger partial charge on any atom is 0.252 e. The van der Waals surface area contributed by atoms with Crippen molar-refractivity contribution < 1.29 is 0 Å². The van der Waals surface area contributed by atoms with Crippen molar-refractivity contribution in [3.63, 3.8) is 0 Å². The average Bonchev–Trinajstić information content (AvgIpc) is 2.86. The molecule has 0 aliphatic carbocycles. The van der Waals surface area contributed by atoms with E-state index in [2.05, 4.69) is 5.10 Å². The fourth-order valence-electron chi connectivity index (χ4n) is 2.88. The normalized spacial score (nSPS) is 11.2. The highest BCUT2D eigenvalue weighted by molar-refractivity contribution is 5.83. The van der Waals surface area contributed by atoms with Crippen molar-refractivity contribution in [2.45, 2.75) is 26.8 Å². The second-order valence-corrected chi connectivity index (χ2v) is 5.49. The topological polar surface area (TPSA) is 65.8 Å². The van der Waals surface area contributed by atoms with Crippen LogP contribution in [0.5, 0.6) is 0 Å². The molecule has 2 aromatic heterocycles. The van der Waals surface area contributed by atoms with Gasteiger partial charge in [-0.3, -0.25) is 9.36 Å². The summed E-state index contributed by atoms with van der Waals surface area (Å²) in [5.74, 6) is 0. The number of nitrogens with two attached hydrogens (primary N) is 1. The Hall–Kier alpha value is -2.40. The van der Waals surface area contributed by atoms with Crippen LogP contribution in [0.3, 0.4) is 0 Å². The highest BCUT2D eigenvalue weighted by Gasteiger charge is 2.16. The van der Waals surface area contributed by atoms with Gasteiger partial charge in [-0.1, -0.05) is 18.2 Å². The predicted molar refractivity (Wildman–Crippen MR) is 88.5 cm³/mol. The van der Waals surface area contributed by atoms with Crippen LogP contribution in [0.15, 0.2) is 41.2 Å². The van der Waals surface area contributed by atoms with Gasteiger partial charge in [-0.25, -0.2) is 4.68 Å². The van der Waals surface area contributed by atoms with Crippen LogP contribution in [-0.2, 0) is 6.54 Å². The minimum Gasteiger partial charge on any atom is -0.330 e. The Balaban J connectivity index is 2.36. The van der Waals surface area contributed by atoms with Gasteiger partial charge in [0.1, 0.15) is 5.65 Å². The van der Waals surface area contributed by atoms with Crippen molar-refractivity contribution in [1.29, 1.82) is 0 Å². The van der Waals surface area contributed by atoms with Crippen LogP contribution in [0.1, 0.15) is 17.7 Å². The number of rotatable bonds is 4. The number of fused-ring (bicyclic) bond motifs is 1. The fourth-order valence-corrected chi connectivity index (χ4v) is 2.88. The first-order valence-electron chi connectivity index (χ1n) is 7.48. The summed E-state index contributed by atoms with van der Waals surface area (Å²) >= 11 is 0. The minimum absolute atomic E-state index is 0.00414. The molecule has 5 heteroatoms. The van der Waals surface area contributed by atoms with Crippen LogP contribution < -0.4 is 11.3 Å². The first-order valence-corrected chi connectivity index (χ1v) is 7.48. The quantitative estimate of drug-likeness (QED) is 0.802. The number of benzene rings is 1. The summed E-state index contributed by atoms with van der Waals surface area (Å²) in [6.07, 6.45) is 0.761. The van der Waals surface area contributed by atoms with Crippen molar-refractivity contribution in [3.8, 4) is 5.69 Å². The highest BCUT2D eigenvalue weighted by atomic mass is 16.1. The molecule has 0 aliphatic rings. The van der Waals surface area contributed by atoms with E-state index in [0.29, 0.717) is 13.1 Å². The van der Waals surface area contributed by atoms with E-state index in [1.165, 1.54) is 0 Å². The molecule has 0 radical (unpaired) electrons. The molecule has 3 rings (SSSR count). The molecule has 114 valence electrons. The summed E-state index contributed by atoms with van der Waals surface area (Å²) in [5.41, 5.74) is 9.30. The molecule has 22 heavy (non-hydrogen) atoms. The van der Waals surface area contributed by atoms with Gasteiger partial charge >= 0.3 is 0 Å². The fraction of sp³-hybridized carbons (Fsp3) is 0.294. The molecule has 2 heterocycles. The standard InChI is InChI=1S/C17H20N4O/c1-12-11-15(22)20(10-6-9-18)17-16(12)13(2)19-21(17)14-7-4-3-5-8-14/h3-5,7-8,11H,6,9-10,18H2,1-2H3. The van der Waals surface area contributed by atoms with Gasteiger partial charge in [-0.15, -0.1) is 0 Å². The molecule has 0 amide bonds. The van der Waals surface area contributed by atoms with Gasteiger partial charge < -0.3 is 5.73 Å². The van der Waals surface area contributed by atoms with Crippen LogP contribution in [-0.4, -0.2) is 20.9 Å². The Morgan fingerprint density at radius 1 is 1.18 bits per heavy atom. The van der Waals surface area contributed by atoms with Crippen molar-refractivity contribution in [2.75, 3.05) is 6.54 Å². The zero-order chi connectivity index (χ0) is 15.7. The van der Waals surface area contributed by atoms with E-state index in [4.69, 9.17) is 5.73 Å². The van der Waals surface area contributed by atoms with Gasteiger partial charge in [0, 0.05) is 18.0 Å².